The van der Waals surface area contributed by atoms with Crippen molar-refractivity contribution < 1.29 is 14.3 Å². The van der Waals surface area contributed by atoms with Gasteiger partial charge in [-0.25, -0.2) is 4.68 Å². The van der Waals surface area contributed by atoms with Gasteiger partial charge in [0.25, 0.3) is 0 Å². The predicted octanol–water partition coefficient (Wildman–Crippen LogP) is 2.65. The third kappa shape index (κ3) is 3.52. The maximum Gasteiger partial charge on any atom is 0.306 e. The second-order valence-electron chi connectivity index (χ2n) is 4.34. The number of benzene rings is 1. The molecular weight excluding hydrogens is 288 g/mol. The summed E-state index contributed by atoms with van der Waals surface area (Å²) in [7, 11) is 1.36. The molecule has 0 N–H and O–H groups in total. The number of thioether (sulfide) groups is 1. The molecule has 1 heterocycles. The largest absolute Gasteiger partial charge is 0.469 e. The predicted molar refractivity (Wildman–Crippen MR) is 81.0 cm³/mol. The van der Waals surface area contributed by atoms with Crippen LogP contribution in [0.15, 0.2) is 35.4 Å². The van der Waals surface area contributed by atoms with Gasteiger partial charge in [-0.2, -0.15) is 5.10 Å². The zero-order chi connectivity index (χ0) is 15.2. The molecular formula is C15H16N2O3S. The van der Waals surface area contributed by atoms with E-state index in [4.69, 9.17) is 0 Å². The van der Waals surface area contributed by atoms with E-state index >= 15 is 0 Å². The molecule has 110 valence electrons. The van der Waals surface area contributed by atoms with Gasteiger partial charge in [0.2, 0.25) is 0 Å². The number of aldehydes is 1. The highest BCUT2D eigenvalue weighted by Crippen LogP contribution is 2.27. The zero-order valence-electron chi connectivity index (χ0n) is 11.9. The SMILES string of the molecule is COC(=O)CCSc1c(C=O)c(C)nn1-c1ccccc1. The van der Waals surface area contributed by atoms with Crippen molar-refractivity contribution in [3.8, 4) is 5.69 Å². The van der Waals surface area contributed by atoms with Crippen molar-refractivity contribution in [2.24, 2.45) is 0 Å². The molecule has 0 amide bonds. The molecule has 0 unspecified atom stereocenters. The molecule has 6 heteroatoms. The molecule has 2 aromatic rings. The Morgan fingerprint density at radius 1 is 1.38 bits per heavy atom. The van der Waals surface area contributed by atoms with E-state index in [1.807, 2.05) is 30.3 Å². The van der Waals surface area contributed by atoms with E-state index < -0.39 is 0 Å². The van der Waals surface area contributed by atoms with E-state index in [0.29, 0.717) is 23.4 Å². The molecule has 0 saturated carbocycles. The smallest absolute Gasteiger partial charge is 0.306 e. The Labute approximate surface area is 127 Å². The van der Waals surface area contributed by atoms with Crippen LogP contribution in [0.25, 0.3) is 5.69 Å². The molecule has 1 aromatic carbocycles. The van der Waals surface area contributed by atoms with E-state index in [0.717, 1.165) is 17.0 Å². The van der Waals surface area contributed by atoms with E-state index in [2.05, 4.69) is 9.84 Å². The Morgan fingerprint density at radius 2 is 2.10 bits per heavy atom. The van der Waals surface area contributed by atoms with Gasteiger partial charge in [-0.1, -0.05) is 18.2 Å². The summed E-state index contributed by atoms with van der Waals surface area (Å²) in [5.41, 5.74) is 2.12. The maximum absolute atomic E-state index is 11.3. The number of aryl methyl sites for hydroxylation is 1. The molecule has 0 aliphatic heterocycles. The lowest BCUT2D eigenvalue weighted by Crippen LogP contribution is -2.03. The fourth-order valence-corrected chi connectivity index (χ4v) is 2.95. The van der Waals surface area contributed by atoms with Gasteiger partial charge in [-0.15, -0.1) is 11.8 Å². The average molecular weight is 304 g/mol. The van der Waals surface area contributed by atoms with Crippen molar-refractivity contribution in [2.45, 2.75) is 18.4 Å². The number of nitrogens with zero attached hydrogens (tertiary/aromatic N) is 2. The third-order valence-corrected chi connectivity index (χ3v) is 4.03. The number of rotatable bonds is 6. The molecule has 0 aliphatic carbocycles. The van der Waals surface area contributed by atoms with Gasteiger partial charge in [0.05, 0.1) is 30.5 Å². The van der Waals surface area contributed by atoms with Crippen molar-refractivity contribution in [3.63, 3.8) is 0 Å². The highest BCUT2D eigenvalue weighted by molar-refractivity contribution is 7.99. The highest BCUT2D eigenvalue weighted by Gasteiger charge is 2.16. The molecule has 2 rings (SSSR count). The van der Waals surface area contributed by atoms with E-state index in [1.54, 1.807) is 11.6 Å². The minimum Gasteiger partial charge on any atom is -0.469 e. The number of carbonyl (C=O) groups excluding carboxylic acids is 2. The third-order valence-electron chi connectivity index (χ3n) is 2.95. The molecule has 0 atom stereocenters. The topological polar surface area (TPSA) is 61.2 Å². The number of esters is 1. The summed E-state index contributed by atoms with van der Waals surface area (Å²) in [6, 6.07) is 9.59. The quantitative estimate of drug-likeness (QED) is 0.466. The first-order valence-corrected chi connectivity index (χ1v) is 7.45. The Bertz CT molecular complexity index is 638. The molecule has 0 bridgehead atoms. The van der Waals surface area contributed by atoms with Crippen LogP contribution in [0.4, 0.5) is 0 Å². The second kappa shape index (κ2) is 7.08. The van der Waals surface area contributed by atoms with Crippen molar-refractivity contribution >= 4 is 24.0 Å². The second-order valence-corrected chi connectivity index (χ2v) is 5.43. The average Bonchev–Trinajstić information content (AvgIpc) is 2.83. The van der Waals surface area contributed by atoms with Crippen molar-refractivity contribution in [2.75, 3.05) is 12.9 Å². The maximum atomic E-state index is 11.3. The number of hydrogen-bond acceptors (Lipinski definition) is 5. The number of aromatic nitrogens is 2. The van der Waals surface area contributed by atoms with E-state index in [-0.39, 0.29) is 5.97 Å². The first kappa shape index (κ1) is 15.3. The number of para-hydroxylation sites is 1. The summed E-state index contributed by atoms with van der Waals surface area (Å²) >= 11 is 1.43. The lowest BCUT2D eigenvalue weighted by molar-refractivity contribution is -0.140. The molecule has 0 spiro atoms. The number of ether oxygens (including phenoxy) is 1. The monoisotopic (exact) mass is 304 g/mol. The minimum atomic E-state index is -0.266. The Morgan fingerprint density at radius 3 is 2.71 bits per heavy atom. The number of methoxy groups -OCH3 is 1. The minimum absolute atomic E-state index is 0.266. The van der Waals surface area contributed by atoms with Crippen LogP contribution >= 0.6 is 11.8 Å². The zero-order valence-corrected chi connectivity index (χ0v) is 12.7. The van der Waals surface area contributed by atoms with Gasteiger partial charge in [0, 0.05) is 5.75 Å². The highest BCUT2D eigenvalue weighted by atomic mass is 32.2. The van der Waals surface area contributed by atoms with Crippen molar-refractivity contribution in [1.82, 2.24) is 9.78 Å². The summed E-state index contributed by atoms with van der Waals surface area (Å²) in [5.74, 6) is 0.267. The van der Waals surface area contributed by atoms with Crippen LogP contribution in [0, 0.1) is 6.92 Å². The molecule has 0 aliphatic rings. The molecule has 5 nitrogen and oxygen atoms in total. The number of carbonyl (C=O) groups is 2. The summed E-state index contributed by atoms with van der Waals surface area (Å²) in [6.07, 6.45) is 1.10. The van der Waals surface area contributed by atoms with Gasteiger partial charge < -0.3 is 4.74 Å². The first-order valence-electron chi connectivity index (χ1n) is 6.47. The van der Waals surface area contributed by atoms with E-state index in [1.165, 1.54) is 18.9 Å². The number of hydrogen-bond donors (Lipinski definition) is 0. The van der Waals surface area contributed by atoms with Crippen LogP contribution in [-0.2, 0) is 9.53 Å². The summed E-state index contributed by atoms with van der Waals surface area (Å²) in [6.45, 7) is 1.80. The van der Waals surface area contributed by atoms with Gasteiger partial charge in [0.15, 0.2) is 6.29 Å². The summed E-state index contributed by atoms with van der Waals surface area (Å²) in [4.78, 5) is 22.5. The summed E-state index contributed by atoms with van der Waals surface area (Å²) in [5, 5.41) is 5.17. The van der Waals surface area contributed by atoms with Crippen LogP contribution in [0.2, 0.25) is 0 Å². The van der Waals surface area contributed by atoms with Gasteiger partial charge in [0.1, 0.15) is 5.03 Å². The van der Waals surface area contributed by atoms with Crippen molar-refractivity contribution in [1.29, 1.82) is 0 Å². The standard InChI is InChI=1S/C15H16N2O3S/c1-11-13(10-18)15(21-9-8-14(19)20-2)17(16-11)12-6-4-3-5-7-12/h3-7,10H,8-9H2,1-2H3. The van der Waals surface area contributed by atoms with Crippen LogP contribution in [0.3, 0.4) is 0 Å². The fraction of sp³-hybridized carbons (Fsp3) is 0.267. The van der Waals surface area contributed by atoms with Gasteiger partial charge >= 0.3 is 5.97 Å². The Kier molecular flexibility index (Phi) is 5.16. The van der Waals surface area contributed by atoms with Crippen LogP contribution in [0.1, 0.15) is 22.5 Å². The van der Waals surface area contributed by atoms with Crippen LogP contribution in [-0.4, -0.2) is 34.9 Å². The first-order chi connectivity index (χ1) is 10.2. The van der Waals surface area contributed by atoms with Crippen molar-refractivity contribution in [3.05, 3.63) is 41.6 Å². The lowest BCUT2D eigenvalue weighted by Gasteiger charge is -2.07. The molecule has 21 heavy (non-hydrogen) atoms. The molecule has 0 saturated heterocycles. The Balaban J connectivity index is 2.29. The molecule has 0 radical (unpaired) electrons. The van der Waals surface area contributed by atoms with Crippen LogP contribution in [0.5, 0.6) is 0 Å². The Hall–Kier alpha value is -2.08. The normalized spacial score (nSPS) is 10.4. The van der Waals surface area contributed by atoms with E-state index in [9.17, 15) is 9.59 Å². The molecule has 1 aromatic heterocycles. The molecule has 0 fully saturated rings. The fourth-order valence-electron chi connectivity index (χ4n) is 1.87. The lowest BCUT2D eigenvalue weighted by atomic mass is 10.3. The summed E-state index contributed by atoms with van der Waals surface area (Å²) < 4.78 is 6.36. The van der Waals surface area contributed by atoms with Gasteiger partial charge in [-0.05, 0) is 19.1 Å². The van der Waals surface area contributed by atoms with Gasteiger partial charge in [-0.3, -0.25) is 9.59 Å². The van der Waals surface area contributed by atoms with Crippen LogP contribution < -0.4 is 0 Å².